The van der Waals surface area contributed by atoms with E-state index in [-0.39, 0.29) is 75.9 Å². The zero-order chi connectivity index (χ0) is 60.9. The van der Waals surface area contributed by atoms with Crippen LogP contribution in [0.25, 0.3) is 0 Å². The van der Waals surface area contributed by atoms with Crippen LogP contribution in [0.4, 0.5) is 18.9 Å². The summed E-state index contributed by atoms with van der Waals surface area (Å²) < 4.78 is 113. The van der Waals surface area contributed by atoms with Gasteiger partial charge in [0.15, 0.2) is 5.60 Å². The maximum atomic E-state index is 15.2. The molecule has 0 bridgehead atoms. The van der Waals surface area contributed by atoms with Crippen molar-refractivity contribution >= 4 is 71.3 Å². The van der Waals surface area contributed by atoms with Crippen LogP contribution in [0.3, 0.4) is 0 Å². The first-order chi connectivity index (χ1) is 38.4. The molecule has 1 aliphatic heterocycles. The summed E-state index contributed by atoms with van der Waals surface area (Å²) in [4.78, 5) is 139. The van der Waals surface area contributed by atoms with Crippen molar-refractivity contribution in [1.29, 1.82) is 0 Å². The third-order valence-corrected chi connectivity index (χ3v) is 11.9. The number of ether oxygens (including phenoxy) is 13. The van der Waals surface area contributed by atoms with E-state index in [2.05, 4.69) is 9.47 Å². The van der Waals surface area contributed by atoms with Gasteiger partial charge in [-0.1, -0.05) is 13.8 Å². The van der Waals surface area contributed by atoms with Crippen molar-refractivity contribution in [3.8, 4) is 17.2 Å². The molecule has 1 spiro atoms. The van der Waals surface area contributed by atoms with Crippen LogP contribution in [-0.2, 0) is 113 Å². The molecule has 0 saturated heterocycles. The zero-order valence-corrected chi connectivity index (χ0v) is 45.8. The van der Waals surface area contributed by atoms with Crippen molar-refractivity contribution in [2.45, 2.75) is 79.5 Å². The second-order valence-electron chi connectivity index (χ2n) is 18.4. The summed E-state index contributed by atoms with van der Waals surface area (Å²) >= 11 is 0. The van der Waals surface area contributed by atoms with Crippen LogP contribution >= 0.6 is 0 Å². The van der Waals surface area contributed by atoms with Crippen molar-refractivity contribution in [3.63, 3.8) is 0 Å². The molecule has 3 aromatic carbocycles. The first-order valence-corrected chi connectivity index (χ1v) is 24.5. The predicted octanol–water partition coefficient (Wildman–Crippen LogP) is 3.73. The summed E-state index contributed by atoms with van der Waals surface area (Å²) in [6, 6.07) is 6.91. The third-order valence-electron chi connectivity index (χ3n) is 11.9. The second-order valence-corrected chi connectivity index (χ2v) is 18.4. The quantitative estimate of drug-likeness (QED) is 0.0363. The van der Waals surface area contributed by atoms with Crippen molar-refractivity contribution in [1.82, 2.24) is 4.90 Å². The molecule has 1 unspecified atom stereocenters. The Morgan fingerprint density at radius 1 is 0.512 bits per heavy atom. The van der Waals surface area contributed by atoms with Crippen LogP contribution in [0, 0.1) is 6.92 Å². The summed E-state index contributed by atoms with van der Waals surface area (Å²) in [5, 5.41) is 0. The number of carbonyl (C=O) groups excluding carboxylic acids is 11. The molecule has 0 saturated carbocycles. The van der Waals surface area contributed by atoms with E-state index in [0.717, 1.165) is 58.6 Å². The average molecular weight is 1160 g/mol. The molecule has 3 aromatic rings. The normalized spacial score (nSPS) is 14.4. The lowest BCUT2D eigenvalue weighted by Crippen LogP contribution is -2.42. The number of hydrogen-bond acceptors (Lipinski definition) is 26. The maximum Gasteiger partial charge on any atom is 0.420 e. The molecular formula is C53H57F3N2O24. The fraction of sp³-hybridized carbons (Fsp3) is 0.453. The Morgan fingerprint density at radius 3 is 1.41 bits per heavy atom. The monoisotopic (exact) mass is 1160 g/mol. The van der Waals surface area contributed by atoms with Crippen LogP contribution in [0.1, 0.15) is 105 Å². The number of esters is 11. The lowest BCUT2D eigenvalue weighted by Gasteiger charge is -2.45. The highest BCUT2D eigenvalue weighted by Crippen LogP contribution is 2.60. The Bertz CT molecular complexity index is 2940. The van der Waals surface area contributed by atoms with Crippen molar-refractivity contribution < 1.29 is 127 Å². The Labute approximate surface area is 465 Å². The lowest BCUT2D eigenvalue weighted by molar-refractivity contribution is -0.170. The van der Waals surface area contributed by atoms with Gasteiger partial charge in [-0.05, 0) is 60.0 Å². The number of benzene rings is 3. The maximum absolute atomic E-state index is 15.2. The molecule has 1 heterocycles. The number of halogens is 3. The number of anilines is 1. The predicted molar refractivity (Wildman–Crippen MR) is 265 cm³/mol. The number of carbonyl (C=O) groups is 11. The minimum absolute atomic E-state index is 0.0345. The molecule has 0 fully saturated rings. The second kappa shape index (κ2) is 27.5. The van der Waals surface area contributed by atoms with Gasteiger partial charge in [-0.25, -0.2) is 4.79 Å². The Hall–Kier alpha value is -8.86. The molecule has 5 rings (SSSR count). The molecule has 26 nitrogen and oxygen atoms in total. The number of hydrogen-bond donors (Lipinski definition) is 0. The van der Waals surface area contributed by atoms with Gasteiger partial charge >= 0.3 is 71.8 Å². The standard InChI is InChI=1S/C53H57F3N2O24/c1-28-14-39-37(18-43(28)80-33(6)63)51(8,9)38-19-44(81-34(7)64)41(53(54,55)56)16-40(38)52(39)36-17-45(71-13-12-70-11-10-57(20-46(65)76-24-72-29(2)59)21-47(66)77-25-73-30(3)60)42(15-35(36)50(69)82-52)58(22-48(67)78-26-74-31(4)61)23-49(68)79-27-75-32(5)62/h14-19H,10-13,20-27H2,1-9H3. The lowest BCUT2D eigenvalue weighted by atomic mass is 9.61. The molecule has 0 amide bonds. The number of alkyl halides is 3. The number of aryl methyl sites for hydroxylation is 1. The first kappa shape index (κ1) is 64.0. The largest absolute Gasteiger partial charge is 0.489 e. The number of nitrogens with zero attached hydrogens (tertiary/aromatic N) is 2. The van der Waals surface area contributed by atoms with E-state index in [1.54, 1.807) is 13.8 Å². The molecule has 0 aromatic heterocycles. The number of rotatable bonds is 26. The SMILES string of the molecule is CC(=O)OCOC(=O)CN(CCOCCOc1cc2c(cc1N(CC(=O)OCOC(C)=O)CC(=O)OCOC(C)=O)C(=O)OC21c2cc(C)c(OC(C)=O)cc2C(C)(C)c2cc(OC(C)=O)c(C(F)(F)F)cc21)CC(=O)OCOC(C)=O. The summed E-state index contributed by atoms with van der Waals surface area (Å²) in [5.74, 6) is -11.5. The molecule has 1 aliphatic carbocycles. The highest BCUT2D eigenvalue weighted by atomic mass is 19.4. The Morgan fingerprint density at radius 2 is 0.951 bits per heavy atom. The first-order valence-electron chi connectivity index (χ1n) is 24.5. The van der Waals surface area contributed by atoms with E-state index in [4.69, 9.17) is 52.1 Å². The van der Waals surface area contributed by atoms with Gasteiger partial charge in [-0.2, -0.15) is 13.2 Å². The van der Waals surface area contributed by atoms with Crippen LogP contribution in [0.5, 0.6) is 17.2 Å². The minimum atomic E-state index is -5.20. The minimum Gasteiger partial charge on any atom is -0.489 e. The van der Waals surface area contributed by atoms with Gasteiger partial charge in [0.25, 0.3) is 0 Å². The average Bonchev–Trinajstić information content (AvgIpc) is 2.39. The summed E-state index contributed by atoms with van der Waals surface area (Å²) in [6.07, 6.45) is -5.20. The number of fused-ring (bicyclic) bond motifs is 6. The summed E-state index contributed by atoms with van der Waals surface area (Å²) in [7, 11) is 0. The Kier molecular flexibility index (Phi) is 21.5. The molecule has 82 heavy (non-hydrogen) atoms. The molecule has 1 atom stereocenters. The van der Waals surface area contributed by atoms with Crippen LogP contribution < -0.4 is 19.1 Å². The molecule has 2 aliphatic rings. The molecular weight excluding hydrogens is 1110 g/mol. The molecule has 0 radical (unpaired) electrons. The van der Waals surface area contributed by atoms with Crippen molar-refractivity contribution in [3.05, 3.63) is 80.9 Å². The topological polar surface area (TPSA) is 314 Å². The van der Waals surface area contributed by atoms with E-state index in [0.29, 0.717) is 6.07 Å². The van der Waals surface area contributed by atoms with Crippen molar-refractivity contribution in [2.24, 2.45) is 0 Å². The summed E-state index contributed by atoms with van der Waals surface area (Å²) in [5.41, 5.74) is -5.58. The van der Waals surface area contributed by atoms with E-state index in [1.807, 2.05) is 0 Å². The van der Waals surface area contributed by atoms with Gasteiger partial charge in [-0.15, -0.1) is 0 Å². The molecule has 29 heteroatoms. The fourth-order valence-corrected chi connectivity index (χ4v) is 8.46. The van der Waals surface area contributed by atoms with E-state index < -0.39 is 154 Å². The molecule has 444 valence electrons. The van der Waals surface area contributed by atoms with Gasteiger partial charge in [0.1, 0.15) is 36.9 Å². The van der Waals surface area contributed by atoms with Gasteiger partial charge < -0.3 is 66.5 Å². The summed E-state index contributed by atoms with van der Waals surface area (Å²) in [6.45, 7) is 3.60. The van der Waals surface area contributed by atoms with E-state index >= 15 is 13.2 Å². The van der Waals surface area contributed by atoms with Gasteiger partial charge in [0, 0.05) is 70.2 Å². The Balaban J connectivity index is 1.67. The van der Waals surface area contributed by atoms with Crippen LogP contribution in [-0.4, -0.2) is 150 Å². The molecule has 0 N–H and O–H groups in total. The highest BCUT2D eigenvalue weighted by Gasteiger charge is 2.58. The highest BCUT2D eigenvalue weighted by molar-refractivity contribution is 5.99. The zero-order valence-electron chi connectivity index (χ0n) is 45.8. The fourth-order valence-electron chi connectivity index (χ4n) is 8.46. The van der Waals surface area contributed by atoms with Crippen molar-refractivity contribution in [2.75, 3.05) is 84.6 Å². The van der Waals surface area contributed by atoms with Gasteiger partial charge in [-0.3, -0.25) is 52.8 Å². The van der Waals surface area contributed by atoms with Gasteiger partial charge in [0.2, 0.25) is 27.2 Å². The van der Waals surface area contributed by atoms with E-state index in [1.165, 1.54) is 30.0 Å². The third kappa shape index (κ3) is 16.6. The van der Waals surface area contributed by atoms with Crippen LogP contribution in [0.2, 0.25) is 0 Å². The van der Waals surface area contributed by atoms with Gasteiger partial charge in [0.05, 0.1) is 43.1 Å². The van der Waals surface area contributed by atoms with Crippen LogP contribution in [0.15, 0.2) is 36.4 Å². The van der Waals surface area contributed by atoms with E-state index in [9.17, 15) is 52.7 Å². The smallest absolute Gasteiger partial charge is 0.420 e.